The number of hydrogen-bond donors (Lipinski definition) is 0. The zero-order valence-electron chi connectivity index (χ0n) is 23.2. The minimum Gasteiger partial charge on any atom is -0.466 e. The van der Waals surface area contributed by atoms with Crippen LogP contribution >= 0.6 is 11.6 Å². The predicted molar refractivity (Wildman–Crippen MR) is 149 cm³/mol. The highest BCUT2D eigenvalue weighted by Crippen LogP contribution is 2.36. The van der Waals surface area contributed by atoms with Gasteiger partial charge in [-0.1, -0.05) is 46.2 Å². The molecule has 1 aromatic carbocycles. The molecule has 3 rings (SSSR count). The normalized spacial score (nSPS) is 12.3. The van der Waals surface area contributed by atoms with E-state index < -0.39 is 5.41 Å². The number of ether oxygens (including phenoxy) is 1. The maximum atomic E-state index is 14.0. The summed E-state index contributed by atoms with van der Waals surface area (Å²) in [5, 5.41) is 0.530. The van der Waals surface area contributed by atoms with E-state index in [2.05, 4.69) is 13.8 Å². The molecule has 0 aliphatic heterocycles. The number of rotatable bonds is 9. The molecule has 37 heavy (non-hydrogen) atoms. The minimum absolute atomic E-state index is 0.0456. The second kappa shape index (κ2) is 10.8. The number of carbonyl (C=O) groups is 3. The summed E-state index contributed by atoms with van der Waals surface area (Å²) >= 11 is 6.08. The molecule has 0 saturated heterocycles. The Hall–Kier alpha value is -2.92. The van der Waals surface area contributed by atoms with Gasteiger partial charge in [-0.25, -0.2) is 0 Å². The van der Waals surface area contributed by atoms with Crippen LogP contribution in [0.1, 0.15) is 105 Å². The van der Waals surface area contributed by atoms with Gasteiger partial charge in [0.2, 0.25) is 5.78 Å². The maximum Gasteiger partial charge on any atom is 0.311 e. The lowest BCUT2D eigenvalue weighted by Crippen LogP contribution is -2.30. The maximum absolute atomic E-state index is 14.0. The number of ketones is 2. The van der Waals surface area contributed by atoms with E-state index in [0.29, 0.717) is 39.3 Å². The predicted octanol–water partition coefficient (Wildman–Crippen LogP) is 7.70. The van der Waals surface area contributed by atoms with Crippen molar-refractivity contribution in [3.63, 3.8) is 0 Å². The van der Waals surface area contributed by atoms with E-state index in [9.17, 15) is 14.4 Å². The van der Waals surface area contributed by atoms with Crippen molar-refractivity contribution in [2.45, 2.75) is 74.1 Å². The first-order chi connectivity index (χ1) is 17.2. The smallest absolute Gasteiger partial charge is 0.311 e. The van der Waals surface area contributed by atoms with Crippen LogP contribution in [0, 0.1) is 10.8 Å². The van der Waals surface area contributed by atoms with Crippen molar-refractivity contribution in [1.29, 1.82) is 0 Å². The highest BCUT2D eigenvalue weighted by molar-refractivity contribution is 6.30. The van der Waals surface area contributed by atoms with Gasteiger partial charge < -0.3 is 9.14 Å². The molecule has 0 aliphatic carbocycles. The molecule has 3 aromatic rings. The van der Waals surface area contributed by atoms with Crippen molar-refractivity contribution in [1.82, 2.24) is 4.40 Å². The van der Waals surface area contributed by atoms with Crippen molar-refractivity contribution in [2.24, 2.45) is 10.8 Å². The molecule has 0 fully saturated rings. The molecule has 0 spiro atoms. The zero-order valence-corrected chi connectivity index (χ0v) is 24.0. The summed E-state index contributed by atoms with van der Waals surface area (Å²) in [7, 11) is 0. The van der Waals surface area contributed by atoms with E-state index >= 15 is 0 Å². The summed E-state index contributed by atoms with van der Waals surface area (Å²) in [6, 6.07) is 10.7. The summed E-state index contributed by atoms with van der Waals surface area (Å²) in [6.07, 6.45) is 2.35. The molecular formula is C31H38ClNO4. The average Bonchev–Trinajstić information content (AvgIpc) is 3.10. The zero-order chi connectivity index (χ0) is 27.7. The fourth-order valence-corrected chi connectivity index (χ4v) is 4.69. The topological polar surface area (TPSA) is 64.8 Å². The molecule has 0 radical (unpaired) electrons. The Balaban J connectivity index is 2.38. The van der Waals surface area contributed by atoms with Gasteiger partial charge in [0.05, 0.1) is 23.2 Å². The van der Waals surface area contributed by atoms with E-state index in [1.807, 2.05) is 43.5 Å². The number of benzene rings is 1. The van der Waals surface area contributed by atoms with Gasteiger partial charge in [0.25, 0.3) is 0 Å². The molecule has 0 bridgehead atoms. The number of hydrogen-bond acceptors (Lipinski definition) is 4. The number of esters is 1. The Morgan fingerprint density at radius 3 is 2.16 bits per heavy atom. The summed E-state index contributed by atoms with van der Waals surface area (Å²) in [6.45, 7) is 15.8. The van der Waals surface area contributed by atoms with Crippen LogP contribution in [0.5, 0.6) is 0 Å². The van der Waals surface area contributed by atoms with Gasteiger partial charge in [-0.15, -0.1) is 0 Å². The van der Waals surface area contributed by atoms with Gasteiger partial charge in [-0.3, -0.25) is 14.4 Å². The lowest BCUT2D eigenvalue weighted by atomic mass is 9.81. The Kier molecular flexibility index (Phi) is 8.38. The van der Waals surface area contributed by atoms with Crippen LogP contribution in [0.3, 0.4) is 0 Å². The van der Waals surface area contributed by atoms with Gasteiger partial charge in [-0.2, -0.15) is 0 Å². The molecule has 5 nitrogen and oxygen atoms in total. The molecular weight excluding hydrogens is 486 g/mol. The highest BCUT2D eigenvalue weighted by atomic mass is 35.5. The number of fused-ring (bicyclic) bond motifs is 1. The highest BCUT2D eigenvalue weighted by Gasteiger charge is 2.36. The number of halogens is 1. The Labute approximate surface area is 225 Å². The number of Topliss-reactive ketones (excluding diaryl/α,β-unsaturated/α-hetero) is 1. The first-order valence-electron chi connectivity index (χ1n) is 12.8. The Morgan fingerprint density at radius 1 is 1.00 bits per heavy atom. The summed E-state index contributed by atoms with van der Waals surface area (Å²) in [5.41, 5.74) is 2.48. The van der Waals surface area contributed by atoms with Gasteiger partial charge in [0.15, 0.2) is 5.78 Å². The monoisotopic (exact) mass is 523 g/mol. The summed E-state index contributed by atoms with van der Waals surface area (Å²) in [4.78, 5) is 40.9. The van der Waals surface area contributed by atoms with E-state index in [1.54, 1.807) is 45.0 Å². The first-order valence-corrected chi connectivity index (χ1v) is 13.2. The molecule has 0 aliphatic rings. The van der Waals surface area contributed by atoms with Crippen molar-refractivity contribution in [2.75, 3.05) is 6.61 Å². The SMILES string of the molecule is CCOC(=O)C(C)(C)Cc1c(C(=O)CC(C)(C)C)c2cc(C(C)C)ccn2c1C(=O)c1ccc(Cl)cc1. The molecule has 0 unspecified atom stereocenters. The lowest BCUT2D eigenvalue weighted by molar-refractivity contribution is -0.153. The van der Waals surface area contributed by atoms with Gasteiger partial charge >= 0.3 is 5.97 Å². The molecule has 2 heterocycles. The van der Waals surface area contributed by atoms with Gasteiger partial charge in [-0.05, 0) is 86.1 Å². The van der Waals surface area contributed by atoms with Crippen LogP contribution in [-0.2, 0) is 16.0 Å². The second-order valence-corrected chi connectivity index (χ2v) is 12.3. The third-order valence-corrected chi connectivity index (χ3v) is 6.72. The molecule has 0 N–H and O–H groups in total. The molecule has 6 heteroatoms. The molecule has 0 saturated carbocycles. The largest absolute Gasteiger partial charge is 0.466 e. The van der Waals surface area contributed by atoms with Crippen molar-refractivity contribution < 1.29 is 19.1 Å². The van der Waals surface area contributed by atoms with Crippen LogP contribution < -0.4 is 0 Å². The van der Waals surface area contributed by atoms with Gasteiger partial charge in [0.1, 0.15) is 0 Å². The number of nitrogens with zero attached hydrogens (tertiary/aromatic N) is 1. The van der Waals surface area contributed by atoms with Crippen LogP contribution in [0.2, 0.25) is 5.02 Å². The van der Waals surface area contributed by atoms with Crippen LogP contribution in [0.15, 0.2) is 42.6 Å². The van der Waals surface area contributed by atoms with E-state index in [0.717, 1.165) is 5.56 Å². The average molecular weight is 524 g/mol. The minimum atomic E-state index is -0.951. The lowest BCUT2D eigenvalue weighted by Gasteiger charge is -2.24. The van der Waals surface area contributed by atoms with Crippen molar-refractivity contribution >= 4 is 34.7 Å². The number of pyridine rings is 1. The number of aromatic nitrogens is 1. The second-order valence-electron chi connectivity index (χ2n) is 11.8. The van der Waals surface area contributed by atoms with Gasteiger partial charge in [0, 0.05) is 28.8 Å². The van der Waals surface area contributed by atoms with Crippen LogP contribution in [0.25, 0.3) is 5.52 Å². The van der Waals surface area contributed by atoms with Crippen LogP contribution in [-0.4, -0.2) is 28.5 Å². The fraction of sp³-hybridized carbons (Fsp3) is 0.452. The quantitative estimate of drug-likeness (QED) is 0.213. The van der Waals surface area contributed by atoms with Crippen LogP contribution in [0.4, 0.5) is 0 Å². The third kappa shape index (κ3) is 6.32. The molecule has 0 amide bonds. The fourth-order valence-electron chi connectivity index (χ4n) is 4.56. The Morgan fingerprint density at radius 2 is 1.62 bits per heavy atom. The van der Waals surface area contributed by atoms with E-state index in [1.165, 1.54) is 0 Å². The Bertz CT molecular complexity index is 1320. The first kappa shape index (κ1) is 28.6. The number of carbonyl (C=O) groups excluding carboxylic acids is 3. The van der Waals surface area contributed by atoms with E-state index in [-0.39, 0.29) is 41.9 Å². The molecule has 0 atom stereocenters. The van der Waals surface area contributed by atoms with Crippen molar-refractivity contribution in [3.8, 4) is 0 Å². The summed E-state index contributed by atoms with van der Waals surface area (Å²) in [5.74, 6) is -0.406. The third-order valence-electron chi connectivity index (χ3n) is 6.47. The molecule has 2 aromatic heterocycles. The standard InChI is InChI=1S/C31H38ClNO4/c1-9-37-29(36)31(7,8)17-23-26(25(34)18-30(4,5)6)24-16-21(19(2)3)14-15-33(24)27(23)28(35)20-10-12-22(32)13-11-20/h10-16,19H,9,17-18H2,1-8H3. The molecule has 198 valence electrons. The summed E-state index contributed by atoms with van der Waals surface area (Å²) < 4.78 is 7.17. The van der Waals surface area contributed by atoms with Crippen molar-refractivity contribution in [3.05, 3.63) is 75.6 Å². The van der Waals surface area contributed by atoms with E-state index in [4.69, 9.17) is 16.3 Å².